The molecular weight excluding hydrogens is 284 g/mol. The summed E-state index contributed by atoms with van der Waals surface area (Å²) in [6, 6.07) is 4.02. The number of hydrogen-bond acceptors (Lipinski definition) is 4. The summed E-state index contributed by atoms with van der Waals surface area (Å²) in [5, 5.41) is 17.9. The number of carbonyl (C=O) groups is 2. The number of rotatable bonds is 4. The van der Waals surface area contributed by atoms with Crippen molar-refractivity contribution >= 4 is 29.2 Å². The number of aryl methyl sites for hydroxylation is 1. The van der Waals surface area contributed by atoms with Gasteiger partial charge in [0.1, 0.15) is 5.82 Å². The van der Waals surface area contributed by atoms with Crippen LogP contribution in [0.2, 0.25) is 5.02 Å². The van der Waals surface area contributed by atoms with E-state index in [1.165, 1.54) is 18.2 Å². The Morgan fingerprint density at radius 2 is 2.20 bits per heavy atom. The molecule has 7 nitrogen and oxygen atoms in total. The van der Waals surface area contributed by atoms with E-state index in [1.807, 2.05) is 6.92 Å². The van der Waals surface area contributed by atoms with Gasteiger partial charge in [-0.05, 0) is 18.2 Å². The average molecular weight is 295 g/mol. The molecule has 0 radical (unpaired) electrons. The molecule has 0 aliphatic heterocycles. The predicted octanol–water partition coefficient (Wildman–Crippen LogP) is 1.97. The summed E-state index contributed by atoms with van der Waals surface area (Å²) in [5.41, 5.74) is 0.337. The van der Waals surface area contributed by atoms with E-state index in [1.54, 1.807) is 0 Å². The lowest BCUT2D eigenvalue weighted by atomic mass is 10.2. The van der Waals surface area contributed by atoms with E-state index in [9.17, 15) is 9.59 Å². The second-order valence-corrected chi connectivity index (χ2v) is 4.32. The molecule has 20 heavy (non-hydrogen) atoms. The van der Waals surface area contributed by atoms with Crippen LogP contribution in [0.25, 0.3) is 0 Å². The lowest BCUT2D eigenvalue weighted by Crippen LogP contribution is -2.14. The third kappa shape index (κ3) is 2.94. The molecule has 1 heterocycles. The average Bonchev–Trinajstić information content (AvgIpc) is 2.89. The van der Waals surface area contributed by atoms with Crippen LogP contribution in [0.1, 0.15) is 33.7 Å². The van der Waals surface area contributed by atoms with Gasteiger partial charge in [0.25, 0.3) is 5.91 Å². The number of amides is 1. The highest BCUT2D eigenvalue weighted by atomic mass is 35.5. The second kappa shape index (κ2) is 5.70. The number of carbonyl (C=O) groups excluding carboxylic acids is 1. The van der Waals surface area contributed by atoms with Crippen LogP contribution in [0.15, 0.2) is 18.2 Å². The van der Waals surface area contributed by atoms with E-state index in [4.69, 9.17) is 16.7 Å². The molecule has 0 spiro atoms. The van der Waals surface area contributed by atoms with Gasteiger partial charge >= 0.3 is 5.97 Å². The number of anilines is 1. The van der Waals surface area contributed by atoms with Crippen molar-refractivity contribution in [3.63, 3.8) is 0 Å². The second-order valence-electron chi connectivity index (χ2n) is 3.91. The minimum atomic E-state index is -1.09. The molecule has 0 bridgehead atoms. The first-order valence-electron chi connectivity index (χ1n) is 5.76. The number of aromatic carboxylic acids is 1. The van der Waals surface area contributed by atoms with Crippen molar-refractivity contribution in [1.82, 2.24) is 15.2 Å². The molecule has 0 aliphatic carbocycles. The van der Waals surface area contributed by atoms with Crippen LogP contribution in [-0.2, 0) is 6.42 Å². The highest BCUT2D eigenvalue weighted by Crippen LogP contribution is 2.23. The molecule has 0 unspecified atom stereocenters. The number of nitrogens with zero attached hydrogens (tertiary/aromatic N) is 2. The van der Waals surface area contributed by atoms with Gasteiger partial charge in [-0.25, -0.2) is 9.78 Å². The monoisotopic (exact) mass is 294 g/mol. The topological polar surface area (TPSA) is 108 Å². The number of aromatic amines is 1. The Balaban J connectivity index is 2.17. The maximum Gasteiger partial charge on any atom is 0.335 e. The Labute approximate surface area is 119 Å². The summed E-state index contributed by atoms with van der Waals surface area (Å²) in [4.78, 5) is 26.6. The lowest BCUT2D eigenvalue weighted by molar-refractivity contribution is 0.0696. The zero-order chi connectivity index (χ0) is 14.7. The van der Waals surface area contributed by atoms with Crippen LogP contribution < -0.4 is 5.32 Å². The first-order valence-corrected chi connectivity index (χ1v) is 6.14. The number of carboxylic acids is 1. The van der Waals surface area contributed by atoms with Crippen LogP contribution in [0.3, 0.4) is 0 Å². The van der Waals surface area contributed by atoms with Crippen molar-refractivity contribution in [3.8, 4) is 0 Å². The van der Waals surface area contributed by atoms with E-state index in [-0.39, 0.29) is 16.4 Å². The first-order chi connectivity index (χ1) is 9.51. The molecule has 3 N–H and O–H groups in total. The van der Waals surface area contributed by atoms with Crippen molar-refractivity contribution < 1.29 is 14.7 Å². The molecule has 1 aromatic carbocycles. The minimum Gasteiger partial charge on any atom is -0.478 e. The highest BCUT2D eigenvalue weighted by molar-refractivity contribution is 6.34. The Morgan fingerprint density at radius 1 is 1.45 bits per heavy atom. The number of hydrogen-bond donors (Lipinski definition) is 3. The molecule has 1 amide bonds. The highest BCUT2D eigenvalue weighted by Gasteiger charge is 2.14. The summed E-state index contributed by atoms with van der Waals surface area (Å²) in [5.74, 6) is -1.01. The van der Waals surface area contributed by atoms with E-state index < -0.39 is 11.9 Å². The Hall–Kier alpha value is -2.41. The molecule has 0 fully saturated rings. The zero-order valence-corrected chi connectivity index (χ0v) is 11.2. The maximum atomic E-state index is 11.9. The number of nitrogens with one attached hydrogen (secondary N) is 2. The van der Waals surface area contributed by atoms with Gasteiger partial charge in [-0.3, -0.25) is 9.89 Å². The van der Waals surface area contributed by atoms with Crippen molar-refractivity contribution in [3.05, 3.63) is 40.4 Å². The molecular formula is C12H11ClN4O3. The minimum absolute atomic E-state index is 0.000211. The molecule has 104 valence electrons. The third-order valence-electron chi connectivity index (χ3n) is 2.53. The number of aromatic nitrogens is 3. The smallest absolute Gasteiger partial charge is 0.335 e. The summed E-state index contributed by atoms with van der Waals surface area (Å²) >= 11 is 5.91. The Kier molecular flexibility index (Phi) is 3.99. The van der Waals surface area contributed by atoms with E-state index in [2.05, 4.69) is 20.5 Å². The zero-order valence-electron chi connectivity index (χ0n) is 10.5. The molecule has 2 aromatic rings. The van der Waals surface area contributed by atoms with Crippen molar-refractivity contribution in [2.45, 2.75) is 13.3 Å². The molecule has 0 atom stereocenters. The summed E-state index contributed by atoms with van der Waals surface area (Å²) in [6.07, 6.45) is 0.633. The van der Waals surface area contributed by atoms with Crippen LogP contribution >= 0.6 is 11.6 Å². The van der Waals surface area contributed by atoms with E-state index in [0.29, 0.717) is 17.9 Å². The number of halogens is 1. The molecule has 8 heteroatoms. The maximum absolute atomic E-state index is 11.9. The van der Waals surface area contributed by atoms with Gasteiger partial charge in [0.2, 0.25) is 5.82 Å². The van der Waals surface area contributed by atoms with Crippen LogP contribution in [0.5, 0.6) is 0 Å². The third-order valence-corrected chi connectivity index (χ3v) is 2.85. The normalized spacial score (nSPS) is 10.3. The van der Waals surface area contributed by atoms with Gasteiger partial charge in [0.15, 0.2) is 0 Å². The number of benzene rings is 1. The van der Waals surface area contributed by atoms with Crippen molar-refractivity contribution in [1.29, 1.82) is 0 Å². The first kappa shape index (κ1) is 14.0. The van der Waals surface area contributed by atoms with Gasteiger partial charge < -0.3 is 10.4 Å². The van der Waals surface area contributed by atoms with Crippen LogP contribution in [0, 0.1) is 0 Å². The number of H-pyrrole nitrogens is 1. The van der Waals surface area contributed by atoms with Gasteiger partial charge in [0, 0.05) is 6.42 Å². The molecule has 2 rings (SSSR count). The fourth-order valence-corrected chi connectivity index (χ4v) is 1.71. The van der Waals surface area contributed by atoms with Gasteiger partial charge in [0.05, 0.1) is 16.3 Å². The SMILES string of the molecule is CCc1nc(C(=O)Nc2ccc(C(=O)O)cc2Cl)n[nH]1. The van der Waals surface area contributed by atoms with E-state index in [0.717, 1.165) is 0 Å². The fraction of sp³-hybridized carbons (Fsp3) is 0.167. The van der Waals surface area contributed by atoms with Crippen LogP contribution in [-0.4, -0.2) is 32.2 Å². The Morgan fingerprint density at radius 3 is 2.75 bits per heavy atom. The van der Waals surface area contributed by atoms with Crippen molar-refractivity contribution in [2.24, 2.45) is 0 Å². The number of carboxylic acid groups (broad SMARTS) is 1. The Bertz CT molecular complexity index is 668. The fourth-order valence-electron chi connectivity index (χ4n) is 1.48. The largest absolute Gasteiger partial charge is 0.478 e. The summed E-state index contributed by atoms with van der Waals surface area (Å²) < 4.78 is 0. The van der Waals surface area contributed by atoms with Gasteiger partial charge in [-0.1, -0.05) is 18.5 Å². The van der Waals surface area contributed by atoms with Crippen LogP contribution in [0.4, 0.5) is 5.69 Å². The molecule has 0 saturated heterocycles. The molecule has 0 saturated carbocycles. The molecule has 0 aliphatic rings. The standard InChI is InChI=1S/C12H11ClN4O3/c1-2-9-15-10(17-16-9)11(18)14-8-4-3-6(12(19)20)5-7(8)13/h3-5H,2H2,1H3,(H,14,18)(H,19,20)(H,15,16,17). The quantitative estimate of drug-likeness (QED) is 0.799. The predicted molar refractivity (Wildman–Crippen MR) is 72.1 cm³/mol. The van der Waals surface area contributed by atoms with Gasteiger partial charge in [-0.2, -0.15) is 0 Å². The molecule has 1 aromatic heterocycles. The van der Waals surface area contributed by atoms with E-state index >= 15 is 0 Å². The lowest BCUT2D eigenvalue weighted by Gasteiger charge is -2.05. The summed E-state index contributed by atoms with van der Waals surface area (Å²) in [7, 11) is 0. The summed E-state index contributed by atoms with van der Waals surface area (Å²) in [6.45, 7) is 1.88. The van der Waals surface area contributed by atoms with Gasteiger partial charge in [-0.15, -0.1) is 5.10 Å². The van der Waals surface area contributed by atoms with Crippen molar-refractivity contribution in [2.75, 3.05) is 5.32 Å².